The van der Waals surface area contributed by atoms with Gasteiger partial charge in [-0.05, 0) is 64.7 Å². The van der Waals surface area contributed by atoms with E-state index in [9.17, 15) is 9.59 Å². The molecule has 1 aromatic carbocycles. The molecule has 28 heavy (non-hydrogen) atoms. The zero-order chi connectivity index (χ0) is 20.9. The number of piperidine rings is 1. The van der Waals surface area contributed by atoms with Crippen LogP contribution in [0.4, 0.5) is 4.79 Å². The average Bonchev–Trinajstić information content (AvgIpc) is 2.61. The third-order valence-corrected chi connectivity index (χ3v) is 5.29. The Morgan fingerprint density at radius 3 is 2.43 bits per heavy atom. The average molecular weight is 408 g/mol. The Balaban J connectivity index is 2.25. The van der Waals surface area contributed by atoms with Gasteiger partial charge in [-0.3, -0.25) is 0 Å². The highest BCUT2D eigenvalue weighted by atomic mass is 35.5. The van der Waals surface area contributed by atoms with Crippen LogP contribution in [0.3, 0.4) is 0 Å². The van der Waals surface area contributed by atoms with Gasteiger partial charge in [0.25, 0.3) is 0 Å². The number of carbonyl (C=O) groups is 2. The maximum atomic E-state index is 12.4. The van der Waals surface area contributed by atoms with Crippen LogP contribution >= 0.6 is 11.6 Å². The third-order valence-electron chi connectivity index (χ3n) is 4.87. The number of rotatable bonds is 4. The molecule has 6 heteroatoms. The maximum Gasteiger partial charge on any atom is 0.410 e. The number of amides is 1. The molecule has 0 atom stereocenters. The van der Waals surface area contributed by atoms with Crippen molar-refractivity contribution in [2.75, 3.05) is 19.7 Å². The Hall–Kier alpha value is -2.01. The van der Waals surface area contributed by atoms with Gasteiger partial charge in [-0.25, -0.2) is 9.59 Å². The lowest BCUT2D eigenvalue weighted by atomic mass is 9.72. The van der Waals surface area contributed by atoms with Crippen molar-refractivity contribution in [1.29, 1.82) is 0 Å². The molecular formula is C22H30ClNO4. The molecule has 2 rings (SSSR count). The van der Waals surface area contributed by atoms with Crippen molar-refractivity contribution in [3.63, 3.8) is 0 Å². The smallest absolute Gasteiger partial charge is 0.410 e. The predicted molar refractivity (Wildman–Crippen MR) is 111 cm³/mol. The second-order valence-electron chi connectivity index (χ2n) is 8.17. The lowest BCUT2D eigenvalue weighted by Crippen LogP contribution is -2.46. The highest BCUT2D eigenvalue weighted by Gasteiger charge is 2.37. The van der Waals surface area contributed by atoms with Crippen LogP contribution in [0.15, 0.2) is 30.4 Å². The standard InChI is InChI=1S/C22H30ClNO4/c1-6-27-19(25)9-10-22(17-7-8-18(23)16(2)15-17)11-13-24(14-12-22)20(26)28-21(3,4)5/h7-10,15H,6,11-14H2,1-5H3. The second-order valence-corrected chi connectivity index (χ2v) is 8.58. The van der Waals surface area contributed by atoms with Crippen LogP contribution in [0.25, 0.3) is 0 Å². The first-order valence-corrected chi connectivity index (χ1v) is 10.0. The Morgan fingerprint density at radius 1 is 1.25 bits per heavy atom. The minimum atomic E-state index is -0.525. The molecule has 154 valence electrons. The van der Waals surface area contributed by atoms with Gasteiger partial charge in [-0.15, -0.1) is 0 Å². The summed E-state index contributed by atoms with van der Waals surface area (Å²) in [6, 6.07) is 5.93. The molecule has 1 aliphatic heterocycles. The number of nitrogens with zero attached hydrogens (tertiary/aromatic N) is 1. The fourth-order valence-electron chi connectivity index (χ4n) is 3.34. The highest BCUT2D eigenvalue weighted by Crippen LogP contribution is 2.38. The minimum absolute atomic E-state index is 0.303. The fraction of sp³-hybridized carbons (Fsp3) is 0.545. The molecule has 0 aliphatic carbocycles. The number of carbonyl (C=O) groups excluding carboxylic acids is 2. The summed E-state index contributed by atoms with van der Waals surface area (Å²) >= 11 is 6.20. The number of halogens is 1. The van der Waals surface area contributed by atoms with Gasteiger partial charge in [0.2, 0.25) is 0 Å². The fourth-order valence-corrected chi connectivity index (χ4v) is 3.46. The van der Waals surface area contributed by atoms with Crippen LogP contribution in [-0.4, -0.2) is 42.3 Å². The van der Waals surface area contributed by atoms with E-state index in [0.29, 0.717) is 37.6 Å². The van der Waals surface area contributed by atoms with E-state index in [4.69, 9.17) is 21.1 Å². The Morgan fingerprint density at radius 2 is 1.89 bits per heavy atom. The summed E-state index contributed by atoms with van der Waals surface area (Å²) in [4.78, 5) is 26.0. The lowest BCUT2D eigenvalue weighted by Gasteiger charge is -2.41. The van der Waals surface area contributed by atoms with Gasteiger partial charge >= 0.3 is 12.1 Å². The van der Waals surface area contributed by atoms with Crippen molar-refractivity contribution in [1.82, 2.24) is 4.90 Å². The maximum absolute atomic E-state index is 12.4. The molecule has 0 bridgehead atoms. The quantitative estimate of drug-likeness (QED) is 0.518. The number of hydrogen-bond donors (Lipinski definition) is 0. The van der Waals surface area contributed by atoms with Crippen LogP contribution < -0.4 is 0 Å². The summed E-state index contributed by atoms with van der Waals surface area (Å²) in [5.41, 5.74) is 1.18. The summed E-state index contributed by atoms with van der Waals surface area (Å²) in [6.45, 7) is 10.7. The molecule has 1 heterocycles. The topological polar surface area (TPSA) is 55.8 Å². The summed E-state index contributed by atoms with van der Waals surface area (Å²) in [7, 11) is 0. The van der Waals surface area contributed by atoms with Crippen LogP contribution in [0.2, 0.25) is 5.02 Å². The Labute approximate surface area is 172 Å². The lowest BCUT2D eigenvalue weighted by molar-refractivity contribution is -0.137. The molecule has 1 aliphatic rings. The van der Waals surface area contributed by atoms with Crippen LogP contribution in [0.5, 0.6) is 0 Å². The third kappa shape index (κ3) is 5.74. The van der Waals surface area contributed by atoms with Crippen molar-refractivity contribution in [2.24, 2.45) is 0 Å². The second kappa shape index (κ2) is 8.99. The van der Waals surface area contributed by atoms with Crippen molar-refractivity contribution < 1.29 is 19.1 Å². The molecule has 1 amide bonds. The normalized spacial score (nSPS) is 16.9. The van der Waals surface area contributed by atoms with E-state index >= 15 is 0 Å². The van der Waals surface area contributed by atoms with E-state index in [-0.39, 0.29) is 17.5 Å². The van der Waals surface area contributed by atoms with Gasteiger partial charge in [-0.1, -0.05) is 29.8 Å². The minimum Gasteiger partial charge on any atom is -0.463 e. The molecule has 1 fully saturated rings. The van der Waals surface area contributed by atoms with Gasteiger partial charge in [0.05, 0.1) is 6.61 Å². The van der Waals surface area contributed by atoms with Crippen molar-refractivity contribution in [2.45, 2.75) is 58.5 Å². The van der Waals surface area contributed by atoms with E-state index in [0.717, 1.165) is 11.1 Å². The molecule has 0 N–H and O–H groups in total. The SMILES string of the molecule is CCOC(=O)C=CC1(c2ccc(Cl)c(C)c2)CCN(C(=O)OC(C)(C)C)CC1. The van der Waals surface area contributed by atoms with Crippen LogP contribution in [-0.2, 0) is 19.7 Å². The van der Waals surface area contributed by atoms with Crippen LogP contribution in [0, 0.1) is 6.92 Å². The van der Waals surface area contributed by atoms with Gasteiger partial charge in [0, 0.05) is 29.6 Å². The first-order valence-electron chi connectivity index (χ1n) is 9.67. The van der Waals surface area contributed by atoms with Crippen molar-refractivity contribution in [3.05, 3.63) is 46.5 Å². The molecule has 5 nitrogen and oxygen atoms in total. The summed E-state index contributed by atoms with van der Waals surface area (Å²) in [6.07, 6.45) is 4.48. The summed E-state index contributed by atoms with van der Waals surface area (Å²) in [5, 5.41) is 0.708. The monoisotopic (exact) mass is 407 g/mol. The predicted octanol–water partition coefficient (Wildman–Crippen LogP) is 5.04. The van der Waals surface area contributed by atoms with E-state index in [1.54, 1.807) is 11.8 Å². The first-order chi connectivity index (χ1) is 13.1. The van der Waals surface area contributed by atoms with E-state index in [1.165, 1.54) is 6.08 Å². The zero-order valence-corrected chi connectivity index (χ0v) is 18.1. The number of aryl methyl sites for hydroxylation is 1. The number of esters is 1. The molecule has 0 unspecified atom stereocenters. The largest absolute Gasteiger partial charge is 0.463 e. The van der Waals surface area contributed by atoms with Crippen molar-refractivity contribution in [3.8, 4) is 0 Å². The van der Waals surface area contributed by atoms with Gasteiger partial charge in [-0.2, -0.15) is 0 Å². The summed E-state index contributed by atoms with van der Waals surface area (Å²) in [5.74, 6) is -0.359. The van der Waals surface area contributed by atoms with E-state index < -0.39 is 5.60 Å². The molecular weight excluding hydrogens is 378 g/mol. The number of likely N-dealkylation sites (tertiary alicyclic amines) is 1. The van der Waals surface area contributed by atoms with Gasteiger partial charge in [0.15, 0.2) is 0 Å². The molecule has 0 aromatic heterocycles. The highest BCUT2D eigenvalue weighted by molar-refractivity contribution is 6.31. The van der Waals surface area contributed by atoms with Gasteiger partial charge < -0.3 is 14.4 Å². The van der Waals surface area contributed by atoms with E-state index in [2.05, 4.69) is 6.07 Å². The Kier molecular flexibility index (Phi) is 7.16. The number of hydrogen-bond acceptors (Lipinski definition) is 4. The van der Waals surface area contributed by atoms with Crippen LogP contribution in [0.1, 0.15) is 51.7 Å². The molecule has 1 aromatic rings. The first kappa shape index (κ1) is 22.3. The molecule has 0 spiro atoms. The molecule has 1 saturated heterocycles. The van der Waals surface area contributed by atoms with Gasteiger partial charge in [0.1, 0.15) is 5.60 Å². The Bertz CT molecular complexity index is 743. The summed E-state index contributed by atoms with van der Waals surface area (Å²) < 4.78 is 10.5. The molecule has 0 radical (unpaired) electrons. The number of benzene rings is 1. The zero-order valence-electron chi connectivity index (χ0n) is 17.4. The number of ether oxygens (including phenoxy) is 2. The van der Waals surface area contributed by atoms with E-state index in [1.807, 2.05) is 45.9 Å². The van der Waals surface area contributed by atoms with Crippen molar-refractivity contribution >= 4 is 23.7 Å². The number of allylic oxidation sites excluding steroid dienone is 1. The molecule has 0 saturated carbocycles.